The highest BCUT2D eigenvalue weighted by atomic mass is 16.7. The maximum Gasteiger partial charge on any atom is 0.188 e. The molecule has 2 aromatic heterocycles. The van der Waals surface area contributed by atoms with Gasteiger partial charge in [-0.2, -0.15) is 0 Å². The molecule has 0 bridgehead atoms. The average Bonchev–Trinajstić information content (AvgIpc) is 2.53. The lowest BCUT2D eigenvalue weighted by atomic mass is 10.0. The third-order valence-electron chi connectivity index (χ3n) is 3.25. The zero-order valence-electron chi connectivity index (χ0n) is 12.0. The van der Waals surface area contributed by atoms with Gasteiger partial charge in [0.05, 0.1) is 11.1 Å². The van der Waals surface area contributed by atoms with E-state index in [0.717, 1.165) is 33.5 Å². The van der Waals surface area contributed by atoms with Gasteiger partial charge in [0.15, 0.2) is 6.79 Å². The number of pyridine rings is 2. The van der Waals surface area contributed by atoms with Gasteiger partial charge in [0.2, 0.25) is 0 Å². The standard InChI is InChI=1S/C17H16N2O2/c1-12-5-6-13-7-8-15(21-11-20-2)16(17(13)19-12)14-4-3-9-18-10-14/h3-10H,11H2,1-2H3. The molecule has 0 aliphatic carbocycles. The Hall–Kier alpha value is -2.46. The highest BCUT2D eigenvalue weighted by Crippen LogP contribution is 2.35. The number of rotatable bonds is 4. The smallest absolute Gasteiger partial charge is 0.188 e. The number of ether oxygens (including phenoxy) is 2. The van der Waals surface area contributed by atoms with Crippen molar-refractivity contribution in [3.8, 4) is 16.9 Å². The fourth-order valence-electron chi connectivity index (χ4n) is 2.30. The summed E-state index contributed by atoms with van der Waals surface area (Å²) in [6.07, 6.45) is 3.57. The fraction of sp³-hybridized carbons (Fsp3) is 0.176. The lowest BCUT2D eigenvalue weighted by Gasteiger charge is -2.13. The zero-order chi connectivity index (χ0) is 14.7. The summed E-state index contributed by atoms with van der Waals surface area (Å²) in [5.41, 5.74) is 3.81. The molecule has 106 valence electrons. The van der Waals surface area contributed by atoms with E-state index in [9.17, 15) is 0 Å². The van der Waals surface area contributed by atoms with Gasteiger partial charge in [-0.05, 0) is 31.2 Å². The minimum atomic E-state index is 0.199. The Labute approximate surface area is 123 Å². The van der Waals surface area contributed by atoms with E-state index in [0.29, 0.717) is 0 Å². The molecule has 0 saturated carbocycles. The van der Waals surface area contributed by atoms with Crippen LogP contribution in [0.25, 0.3) is 22.0 Å². The molecule has 3 rings (SSSR count). The van der Waals surface area contributed by atoms with Crippen LogP contribution in [0.4, 0.5) is 0 Å². The van der Waals surface area contributed by atoms with Gasteiger partial charge in [-0.15, -0.1) is 0 Å². The van der Waals surface area contributed by atoms with Crippen LogP contribution in [-0.4, -0.2) is 23.9 Å². The normalized spacial score (nSPS) is 10.8. The summed E-state index contributed by atoms with van der Waals surface area (Å²) >= 11 is 0. The number of nitrogens with zero attached hydrogens (tertiary/aromatic N) is 2. The lowest BCUT2D eigenvalue weighted by molar-refractivity contribution is 0.0516. The van der Waals surface area contributed by atoms with Crippen LogP contribution in [0.15, 0.2) is 48.8 Å². The molecule has 0 atom stereocenters. The molecule has 0 radical (unpaired) electrons. The predicted molar refractivity (Wildman–Crippen MR) is 82.2 cm³/mol. The highest BCUT2D eigenvalue weighted by Gasteiger charge is 2.13. The highest BCUT2D eigenvalue weighted by molar-refractivity contribution is 5.96. The minimum Gasteiger partial charge on any atom is -0.467 e. The maximum absolute atomic E-state index is 5.70. The topological polar surface area (TPSA) is 44.2 Å². The van der Waals surface area contributed by atoms with E-state index in [1.165, 1.54) is 0 Å². The largest absolute Gasteiger partial charge is 0.467 e. The predicted octanol–water partition coefficient (Wildman–Crippen LogP) is 3.59. The number of aryl methyl sites for hydroxylation is 1. The van der Waals surface area contributed by atoms with Crippen molar-refractivity contribution in [1.29, 1.82) is 0 Å². The first-order chi connectivity index (χ1) is 10.3. The Kier molecular flexibility index (Phi) is 3.79. The van der Waals surface area contributed by atoms with Crippen LogP contribution >= 0.6 is 0 Å². The summed E-state index contributed by atoms with van der Waals surface area (Å²) in [5.74, 6) is 0.746. The van der Waals surface area contributed by atoms with Gasteiger partial charge < -0.3 is 9.47 Å². The van der Waals surface area contributed by atoms with Gasteiger partial charge in [0, 0.05) is 36.1 Å². The van der Waals surface area contributed by atoms with Gasteiger partial charge in [0.25, 0.3) is 0 Å². The quantitative estimate of drug-likeness (QED) is 0.685. The molecule has 4 nitrogen and oxygen atoms in total. The SMILES string of the molecule is COCOc1ccc2ccc(C)nc2c1-c1cccnc1. The number of fused-ring (bicyclic) bond motifs is 1. The molecule has 0 saturated heterocycles. The molecule has 0 fully saturated rings. The second-order valence-electron chi connectivity index (χ2n) is 4.76. The second kappa shape index (κ2) is 5.89. The van der Waals surface area contributed by atoms with Crippen molar-refractivity contribution in [3.63, 3.8) is 0 Å². The van der Waals surface area contributed by atoms with Crippen LogP contribution in [0.3, 0.4) is 0 Å². The molecular formula is C17H16N2O2. The lowest BCUT2D eigenvalue weighted by Crippen LogP contribution is -2.01. The average molecular weight is 280 g/mol. The molecule has 0 N–H and O–H groups in total. The number of methoxy groups -OCH3 is 1. The van der Waals surface area contributed by atoms with Crippen LogP contribution in [0.2, 0.25) is 0 Å². The molecule has 1 aromatic carbocycles. The van der Waals surface area contributed by atoms with Gasteiger partial charge in [-0.3, -0.25) is 9.97 Å². The van der Waals surface area contributed by atoms with E-state index in [1.54, 1.807) is 13.3 Å². The molecule has 2 heterocycles. The van der Waals surface area contributed by atoms with E-state index in [4.69, 9.17) is 9.47 Å². The van der Waals surface area contributed by atoms with Crippen molar-refractivity contribution in [2.75, 3.05) is 13.9 Å². The van der Waals surface area contributed by atoms with Crippen molar-refractivity contribution in [1.82, 2.24) is 9.97 Å². The Morgan fingerprint density at radius 3 is 2.71 bits per heavy atom. The van der Waals surface area contributed by atoms with Crippen molar-refractivity contribution in [3.05, 3.63) is 54.5 Å². The van der Waals surface area contributed by atoms with E-state index in [-0.39, 0.29) is 6.79 Å². The summed E-state index contributed by atoms with van der Waals surface area (Å²) in [6.45, 7) is 2.18. The summed E-state index contributed by atoms with van der Waals surface area (Å²) in [6, 6.07) is 11.9. The summed E-state index contributed by atoms with van der Waals surface area (Å²) in [4.78, 5) is 8.87. The molecule has 0 aliphatic heterocycles. The van der Waals surface area contributed by atoms with Crippen LogP contribution in [0.5, 0.6) is 5.75 Å². The van der Waals surface area contributed by atoms with Crippen LogP contribution in [0, 0.1) is 6.92 Å². The third kappa shape index (κ3) is 2.71. The minimum absolute atomic E-state index is 0.199. The molecule has 21 heavy (non-hydrogen) atoms. The Morgan fingerprint density at radius 2 is 1.95 bits per heavy atom. The van der Waals surface area contributed by atoms with Gasteiger partial charge >= 0.3 is 0 Å². The molecule has 0 amide bonds. The van der Waals surface area contributed by atoms with E-state index in [2.05, 4.69) is 16.0 Å². The first-order valence-corrected chi connectivity index (χ1v) is 6.72. The van der Waals surface area contributed by atoms with Crippen molar-refractivity contribution >= 4 is 10.9 Å². The maximum atomic E-state index is 5.70. The van der Waals surface area contributed by atoms with Crippen LogP contribution in [0.1, 0.15) is 5.69 Å². The summed E-state index contributed by atoms with van der Waals surface area (Å²) < 4.78 is 10.7. The van der Waals surface area contributed by atoms with Crippen molar-refractivity contribution in [2.45, 2.75) is 6.92 Å². The van der Waals surface area contributed by atoms with Gasteiger partial charge in [-0.25, -0.2) is 0 Å². The third-order valence-corrected chi connectivity index (χ3v) is 3.25. The molecule has 0 unspecified atom stereocenters. The zero-order valence-corrected chi connectivity index (χ0v) is 12.0. The molecule has 4 heteroatoms. The van der Waals surface area contributed by atoms with Crippen LogP contribution < -0.4 is 4.74 Å². The van der Waals surface area contributed by atoms with Crippen molar-refractivity contribution in [2.24, 2.45) is 0 Å². The van der Waals surface area contributed by atoms with E-state index < -0.39 is 0 Å². The van der Waals surface area contributed by atoms with E-state index >= 15 is 0 Å². The molecule has 0 aliphatic rings. The Bertz CT molecular complexity index is 757. The summed E-state index contributed by atoms with van der Waals surface area (Å²) in [5, 5.41) is 1.07. The Morgan fingerprint density at radius 1 is 1.10 bits per heavy atom. The second-order valence-corrected chi connectivity index (χ2v) is 4.76. The summed E-state index contributed by atoms with van der Waals surface area (Å²) in [7, 11) is 1.60. The number of aromatic nitrogens is 2. The van der Waals surface area contributed by atoms with Crippen LogP contribution in [-0.2, 0) is 4.74 Å². The number of hydrogen-bond acceptors (Lipinski definition) is 4. The number of benzene rings is 1. The molecule has 3 aromatic rings. The first-order valence-electron chi connectivity index (χ1n) is 6.72. The monoisotopic (exact) mass is 280 g/mol. The molecule has 0 spiro atoms. The first kappa shape index (κ1) is 13.5. The Balaban J connectivity index is 2.26. The van der Waals surface area contributed by atoms with Gasteiger partial charge in [-0.1, -0.05) is 12.1 Å². The fourth-order valence-corrected chi connectivity index (χ4v) is 2.30. The van der Waals surface area contributed by atoms with Crippen molar-refractivity contribution < 1.29 is 9.47 Å². The van der Waals surface area contributed by atoms with Gasteiger partial charge in [0.1, 0.15) is 5.75 Å². The van der Waals surface area contributed by atoms with E-state index in [1.807, 2.05) is 43.5 Å². The number of hydrogen-bond donors (Lipinski definition) is 0. The molecular weight excluding hydrogens is 264 g/mol.